The maximum absolute atomic E-state index is 14.6. The zero-order valence-corrected chi connectivity index (χ0v) is 39.8. The maximum Gasteiger partial charge on any atom is 0.309 e. The second kappa shape index (κ2) is 15.1. The summed E-state index contributed by atoms with van der Waals surface area (Å²) >= 11 is 6.25. The Labute approximate surface area is 370 Å². The second-order valence-electron chi connectivity index (χ2n) is 23.4. The molecule has 5 saturated carbocycles. The number of aliphatic carboxylic acids is 1. The van der Waals surface area contributed by atoms with E-state index < -0.39 is 11.4 Å². The van der Waals surface area contributed by atoms with Gasteiger partial charge in [-0.05, 0) is 180 Å². The first kappa shape index (κ1) is 44.7. The van der Waals surface area contributed by atoms with E-state index in [1.807, 2.05) is 12.1 Å². The van der Waals surface area contributed by atoms with Crippen molar-refractivity contribution in [2.24, 2.45) is 77.7 Å². The van der Waals surface area contributed by atoms with E-state index in [9.17, 15) is 19.5 Å². The first-order valence-corrected chi connectivity index (χ1v) is 24.0. The lowest BCUT2D eigenvalue weighted by Crippen LogP contribution is -2.64. The molecule has 11 unspecified atom stereocenters. The molecule has 11 atom stereocenters. The predicted molar refractivity (Wildman–Crippen MR) is 242 cm³/mol. The first-order chi connectivity index (χ1) is 28.5. The van der Waals surface area contributed by atoms with Crippen LogP contribution in [-0.4, -0.2) is 70.9 Å². The van der Waals surface area contributed by atoms with E-state index in [0.717, 1.165) is 106 Å². The molecule has 1 aliphatic heterocycles. The molecule has 8 rings (SSSR count). The number of carbonyl (C=O) groups excluding carboxylic acids is 2. The third-order valence-corrected chi connectivity index (χ3v) is 19.6. The third-order valence-electron chi connectivity index (χ3n) is 19.4. The highest BCUT2D eigenvalue weighted by molar-refractivity contribution is 6.30. The Hall–Kier alpha value is -2.91. The van der Waals surface area contributed by atoms with Gasteiger partial charge < -0.3 is 14.7 Å². The van der Waals surface area contributed by atoms with E-state index in [0.29, 0.717) is 35.0 Å². The van der Waals surface area contributed by atoms with Crippen LogP contribution in [0.15, 0.2) is 39.7 Å². The van der Waals surface area contributed by atoms with Gasteiger partial charge in [0.05, 0.1) is 28.3 Å². The number of ketones is 1. The summed E-state index contributed by atoms with van der Waals surface area (Å²) in [5, 5.41) is 20.4. The second-order valence-corrected chi connectivity index (χ2v) is 23.8. The number of esters is 1. The summed E-state index contributed by atoms with van der Waals surface area (Å²) in [6.45, 7) is 21.2. The number of carbonyl (C=O) groups is 3. The SMILES string of the molecule is CC(C)C1=C2C3CCC4C(C)(CCC56CC5(C)C(OC(=O)CC(C)(C)C(=O)O)CCC46C)C3(C)CCC2(CC2=NN=C(c3ccc(Cl)cn3)CC(CCN(C)C)C2C)CC1=O. The monoisotopic (exact) mass is 857 g/mol. The van der Waals surface area contributed by atoms with Crippen LogP contribution >= 0.6 is 11.6 Å². The largest absolute Gasteiger partial charge is 0.481 e. The van der Waals surface area contributed by atoms with E-state index in [1.54, 1.807) is 20.0 Å². The molecule has 2 heterocycles. The van der Waals surface area contributed by atoms with Crippen molar-refractivity contribution in [3.63, 3.8) is 0 Å². The van der Waals surface area contributed by atoms with Gasteiger partial charge in [-0.1, -0.05) is 65.6 Å². The standard InChI is InChI=1S/C51H73ClN4O5/c1-30(2)42-38(57)26-50(25-37-31(3)32(17-23-56(10)11)24-36(54-55-37)35-14-12-33(52)28-53-35)21-19-46(6)34(43(42)50)13-15-39-47(46,7)20-22-51-29-49(51,9)40(16-18-48(39,51)8)61-41(58)27-45(4,5)44(59)60/h12,14,28,30-32,34,39-40H,13,15-27,29H2,1-11H3,(H,59,60). The van der Waals surface area contributed by atoms with E-state index in [1.165, 1.54) is 5.57 Å². The molecule has 61 heavy (non-hydrogen) atoms. The molecule has 0 aromatic carbocycles. The van der Waals surface area contributed by atoms with Crippen LogP contribution in [-0.2, 0) is 19.1 Å². The average molecular weight is 858 g/mol. The minimum absolute atomic E-state index is 0.0395. The highest BCUT2D eigenvalue weighted by Crippen LogP contribution is 2.87. The number of fused-ring (bicyclic) bond motifs is 6. The molecule has 6 aliphatic carbocycles. The van der Waals surface area contributed by atoms with Gasteiger partial charge >= 0.3 is 11.9 Å². The highest BCUT2D eigenvalue weighted by Gasteiger charge is 2.82. The van der Waals surface area contributed by atoms with Crippen molar-refractivity contribution in [3.8, 4) is 0 Å². The molecular formula is C51H73ClN4O5. The van der Waals surface area contributed by atoms with Crippen LogP contribution in [0.25, 0.3) is 0 Å². The van der Waals surface area contributed by atoms with Gasteiger partial charge in [0.1, 0.15) is 6.10 Å². The number of carboxylic acid groups (broad SMARTS) is 1. The minimum atomic E-state index is -1.15. The van der Waals surface area contributed by atoms with Crippen molar-refractivity contribution >= 4 is 40.7 Å². The van der Waals surface area contributed by atoms with Gasteiger partial charge in [0.15, 0.2) is 5.78 Å². The van der Waals surface area contributed by atoms with Crippen LogP contribution in [0.3, 0.4) is 0 Å². The smallest absolute Gasteiger partial charge is 0.309 e. The number of Topliss-reactive ketones (excluding diaryl/α,β-unsaturated/α-hetero) is 1. The Morgan fingerprint density at radius 1 is 0.967 bits per heavy atom. The lowest BCUT2D eigenvalue weighted by molar-refractivity contribution is -0.218. The summed E-state index contributed by atoms with van der Waals surface area (Å²) < 4.78 is 6.27. The number of hydrogen-bond donors (Lipinski definition) is 1. The van der Waals surface area contributed by atoms with Crippen LogP contribution in [0.5, 0.6) is 0 Å². The van der Waals surface area contributed by atoms with E-state index in [-0.39, 0.29) is 62.8 Å². The van der Waals surface area contributed by atoms with Crippen molar-refractivity contribution in [1.29, 1.82) is 0 Å². The topological polar surface area (TPSA) is 122 Å². The lowest BCUT2D eigenvalue weighted by atomic mass is 9.33. The highest BCUT2D eigenvalue weighted by atomic mass is 35.5. The third kappa shape index (κ3) is 6.76. The van der Waals surface area contributed by atoms with Gasteiger partial charge in [0, 0.05) is 29.2 Å². The van der Waals surface area contributed by atoms with Crippen LogP contribution in [0.4, 0.5) is 0 Å². The van der Waals surface area contributed by atoms with Crippen molar-refractivity contribution < 1.29 is 24.2 Å². The quantitative estimate of drug-likeness (QED) is 0.220. The first-order valence-electron chi connectivity index (χ1n) is 23.6. The van der Waals surface area contributed by atoms with Gasteiger partial charge in [0.2, 0.25) is 0 Å². The summed E-state index contributed by atoms with van der Waals surface area (Å²) in [4.78, 5) is 46.6. The van der Waals surface area contributed by atoms with Gasteiger partial charge in [-0.15, -0.1) is 0 Å². The molecule has 7 aliphatic rings. The number of carboxylic acids is 1. The summed E-state index contributed by atoms with van der Waals surface area (Å²) in [5.74, 6) is 0.580. The zero-order valence-electron chi connectivity index (χ0n) is 39.0. The maximum atomic E-state index is 14.6. The van der Waals surface area contributed by atoms with Gasteiger partial charge in [-0.25, -0.2) is 0 Å². The molecule has 0 radical (unpaired) electrons. The molecule has 1 spiro atoms. The minimum Gasteiger partial charge on any atom is -0.481 e. The zero-order chi connectivity index (χ0) is 44.3. The Morgan fingerprint density at radius 3 is 2.34 bits per heavy atom. The van der Waals surface area contributed by atoms with Crippen LogP contribution in [0.1, 0.15) is 158 Å². The number of ether oxygens (including phenoxy) is 1. The number of rotatable bonds is 11. The summed E-state index contributed by atoms with van der Waals surface area (Å²) in [7, 11) is 4.28. The van der Waals surface area contributed by atoms with Gasteiger partial charge in [-0.3, -0.25) is 19.4 Å². The number of nitrogens with zero attached hydrogens (tertiary/aromatic N) is 4. The summed E-state index contributed by atoms with van der Waals surface area (Å²) in [6, 6.07) is 3.84. The Kier molecular flexibility index (Phi) is 11.1. The van der Waals surface area contributed by atoms with E-state index >= 15 is 0 Å². The average Bonchev–Trinajstić information content (AvgIpc) is 3.76. The molecule has 1 aromatic rings. The number of aromatic nitrogens is 1. The fourth-order valence-electron chi connectivity index (χ4n) is 15.6. The fraction of sp³-hybridized carbons (Fsp3) is 0.765. The molecule has 9 nitrogen and oxygen atoms in total. The molecular weight excluding hydrogens is 784 g/mol. The Bertz CT molecular complexity index is 2070. The molecule has 10 heteroatoms. The molecule has 334 valence electrons. The molecule has 0 amide bonds. The van der Waals surface area contributed by atoms with Crippen molar-refractivity contribution in [2.45, 2.75) is 158 Å². The summed E-state index contributed by atoms with van der Waals surface area (Å²) in [5.41, 5.74) is 4.33. The van der Waals surface area contributed by atoms with Gasteiger partial charge in [0.25, 0.3) is 0 Å². The van der Waals surface area contributed by atoms with Gasteiger partial charge in [-0.2, -0.15) is 10.2 Å². The number of halogens is 1. The van der Waals surface area contributed by atoms with Crippen molar-refractivity contribution in [3.05, 3.63) is 40.2 Å². The Morgan fingerprint density at radius 2 is 1.69 bits per heavy atom. The molecule has 5 fully saturated rings. The lowest BCUT2D eigenvalue weighted by Gasteiger charge is -2.71. The van der Waals surface area contributed by atoms with Crippen molar-refractivity contribution in [2.75, 3.05) is 20.6 Å². The normalized spacial score (nSPS) is 40.6. The van der Waals surface area contributed by atoms with Crippen LogP contribution in [0, 0.1) is 67.5 Å². The number of allylic oxidation sites excluding steroid dienone is 2. The van der Waals surface area contributed by atoms with Crippen LogP contribution in [0.2, 0.25) is 5.02 Å². The van der Waals surface area contributed by atoms with Crippen LogP contribution < -0.4 is 0 Å². The summed E-state index contributed by atoms with van der Waals surface area (Å²) in [6.07, 6.45) is 14.1. The fourth-order valence-corrected chi connectivity index (χ4v) is 15.7. The van der Waals surface area contributed by atoms with E-state index in [4.69, 9.17) is 26.5 Å². The molecule has 0 saturated heterocycles. The predicted octanol–water partition coefficient (Wildman–Crippen LogP) is 11.0. The Balaban J connectivity index is 1.10. The van der Waals surface area contributed by atoms with Crippen molar-refractivity contribution in [1.82, 2.24) is 9.88 Å². The molecule has 0 bridgehead atoms. The number of pyridine rings is 1. The molecule has 1 aromatic heterocycles. The van der Waals surface area contributed by atoms with E-state index in [2.05, 4.69) is 72.4 Å². The number of hydrogen-bond acceptors (Lipinski definition) is 8. The molecule has 1 N–H and O–H groups in total.